The molecule has 6 heteroatoms. The Morgan fingerprint density at radius 3 is 2.60 bits per heavy atom. The normalized spacial score (nSPS) is 11.3. The minimum atomic E-state index is -0.652. The van der Waals surface area contributed by atoms with E-state index in [1.807, 2.05) is 38.1 Å². The number of nitrogens with zero attached hydrogens (tertiary/aromatic N) is 1. The Hall–Kier alpha value is -3.67. The van der Waals surface area contributed by atoms with Crippen molar-refractivity contribution >= 4 is 12.0 Å². The van der Waals surface area contributed by atoms with E-state index in [1.54, 1.807) is 37.6 Å². The lowest BCUT2D eigenvalue weighted by molar-refractivity contribution is -0.118. The van der Waals surface area contributed by atoms with Gasteiger partial charge in [0, 0.05) is 17.8 Å². The van der Waals surface area contributed by atoms with Crippen molar-refractivity contribution < 1.29 is 18.7 Å². The second-order valence-electron chi connectivity index (χ2n) is 7.13. The highest BCUT2D eigenvalue weighted by Gasteiger charge is 2.25. The van der Waals surface area contributed by atoms with Crippen LogP contribution in [0.5, 0.6) is 17.2 Å². The molecule has 1 aromatic heterocycles. The van der Waals surface area contributed by atoms with Gasteiger partial charge in [0.2, 0.25) is 5.91 Å². The fourth-order valence-electron chi connectivity index (χ4n) is 2.99. The van der Waals surface area contributed by atoms with E-state index in [-0.39, 0.29) is 11.7 Å². The van der Waals surface area contributed by atoms with Crippen LogP contribution in [0.2, 0.25) is 0 Å². The van der Waals surface area contributed by atoms with Crippen molar-refractivity contribution in [2.45, 2.75) is 19.4 Å². The number of methoxy groups -OCH3 is 1. The van der Waals surface area contributed by atoms with Gasteiger partial charge >= 0.3 is 0 Å². The van der Waals surface area contributed by atoms with Gasteiger partial charge in [-0.2, -0.15) is 0 Å². The third-order valence-corrected chi connectivity index (χ3v) is 4.46. The lowest BCUT2D eigenvalue weighted by Crippen LogP contribution is -2.40. The molecular weight excluding hydrogens is 383 g/mol. The van der Waals surface area contributed by atoms with Gasteiger partial charge in [-0.05, 0) is 55.8 Å². The number of halogens is 1. The van der Waals surface area contributed by atoms with E-state index in [0.29, 0.717) is 17.1 Å². The molecule has 1 N–H and O–H groups in total. The van der Waals surface area contributed by atoms with Crippen LogP contribution in [-0.2, 0) is 10.3 Å². The highest BCUT2D eigenvalue weighted by molar-refractivity contribution is 5.92. The number of nitrogens with one attached hydrogen (secondary N) is 1. The number of carbonyl (C=O) groups is 1. The van der Waals surface area contributed by atoms with Crippen molar-refractivity contribution in [2.75, 3.05) is 7.11 Å². The number of rotatable bonds is 7. The maximum atomic E-state index is 14.3. The summed E-state index contributed by atoms with van der Waals surface area (Å²) < 4.78 is 25.2. The zero-order valence-electron chi connectivity index (χ0n) is 17.1. The van der Waals surface area contributed by atoms with Gasteiger partial charge < -0.3 is 14.8 Å². The molecule has 154 valence electrons. The Morgan fingerprint density at radius 2 is 1.90 bits per heavy atom. The molecule has 0 radical (unpaired) electrons. The zero-order valence-corrected chi connectivity index (χ0v) is 17.1. The van der Waals surface area contributed by atoms with Crippen LogP contribution in [0.25, 0.3) is 6.08 Å². The monoisotopic (exact) mass is 406 g/mol. The molecule has 0 aliphatic heterocycles. The van der Waals surface area contributed by atoms with Gasteiger partial charge in [-0.15, -0.1) is 0 Å². The number of hydrogen-bond donors (Lipinski definition) is 1. The smallest absolute Gasteiger partial charge is 0.244 e. The number of amides is 1. The van der Waals surface area contributed by atoms with Crippen LogP contribution in [0, 0.1) is 5.82 Å². The largest absolute Gasteiger partial charge is 0.496 e. The molecule has 0 saturated carbocycles. The molecule has 0 spiro atoms. The summed E-state index contributed by atoms with van der Waals surface area (Å²) in [5, 5.41) is 2.95. The molecule has 30 heavy (non-hydrogen) atoms. The summed E-state index contributed by atoms with van der Waals surface area (Å²) in [6, 6.07) is 15.4. The minimum absolute atomic E-state index is 0.0851. The fraction of sp³-hybridized carbons (Fsp3) is 0.167. The summed E-state index contributed by atoms with van der Waals surface area (Å²) in [4.78, 5) is 16.4. The summed E-state index contributed by atoms with van der Waals surface area (Å²) in [6.07, 6.45) is 6.02. The quantitative estimate of drug-likeness (QED) is 0.556. The van der Waals surface area contributed by atoms with E-state index in [4.69, 9.17) is 9.47 Å². The molecule has 0 aliphatic carbocycles. The average Bonchev–Trinajstić information content (AvgIpc) is 2.74. The van der Waals surface area contributed by atoms with Gasteiger partial charge in [-0.1, -0.05) is 24.3 Å². The van der Waals surface area contributed by atoms with Crippen LogP contribution in [0.1, 0.15) is 25.0 Å². The number of aromatic nitrogens is 1. The SMILES string of the molecule is COc1ccccc1C(C)(C)NC(=O)/C=C/c1ccc(Oc2cccnc2)c(F)c1. The summed E-state index contributed by atoms with van der Waals surface area (Å²) in [7, 11) is 1.59. The van der Waals surface area contributed by atoms with E-state index in [2.05, 4.69) is 10.3 Å². The molecule has 0 saturated heterocycles. The fourth-order valence-corrected chi connectivity index (χ4v) is 2.99. The van der Waals surface area contributed by atoms with Gasteiger partial charge in [0.1, 0.15) is 11.5 Å². The van der Waals surface area contributed by atoms with Gasteiger partial charge in [-0.3, -0.25) is 9.78 Å². The minimum Gasteiger partial charge on any atom is -0.496 e. The molecule has 0 aliphatic rings. The van der Waals surface area contributed by atoms with E-state index < -0.39 is 11.4 Å². The van der Waals surface area contributed by atoms with Crippen LogP contribution < -0.4 is 14.8 Å². The average molecular weight is 406 g/mol. The van der Waals surface area contributed by atoms with Crippen molar-refractivity contribution in [2.24, 2.45) is 0 Å². The molecule has 2 aromatic carbocycles. The van der Waals surface area contributed by atoms with Gasteiger partial charge in [0.05, 0.1) is 18.8 Å². The maximum absolute atomic E-state index is 14.3. The molecule has 1 heterocycles. The predicted octanol–water partition coefficient (Wildman–Crippen LogP) is 5.09. The Bertz CT molecular complexity index is 1050. The summed E-state index contributed by atoms with van der Waals surface area (Å²) in [6.45, 7) is 3.78. The van der Waals surface area contributed by atoms with Crippen LogP contribution in [0.3, 0.4) is 0 Å². The molecule has 5 nitrogen and oxygen atoms in total. The molecular formula is C24H23FN2O3. The molecule has 0 atom stereocenters. The van der Waals surface area contributed by atoms with Crippen LogP contribution in [0.4, 0.5) is 4.39 Å². The Kier molecular flexibility index (Phi) is 6.47. The number of carbonyl (C=O) groups excluding carboxylic acids is 1. The van der Waals surface area contributed by atoms with Crippen LogP contribution >= 0.6 is 0 Å². The molecule has 0 unspecified atom stereocenters. The zero-order chi connectivity index (χ0) is 21.6. The van der Waals surface area contributed by atoms with Crippen LogP contribution in [-0.4, -0.2) is 18.0 Å². The van der Waals surface area contributed by atoms with Crippen molar-refractivity contribution in [3.05, 3.63) is 90.0 Å². The summed E-state index contributed by atoms with van der Waals surface area (Å²) in [5.41, 5.74) is 0.745. The van der Waals surface area contributed by atoms with E-state index >= 15 is 0 Å². The third-order valence-electron chi connectivity index (χ3n) is 4.46. The number of benzene rings is 2. The molecule has 0 bridgehead atoms. The lowest BCUT2D eigenvalue weighted by Gasteiger charge is -2.28. The second kappa shape index (κ2) is 9.22. The Morgan fingerprint density at radius 1 is 1.10 bits per heavy atom. The first-order chi connectivity index (χ1) is 14.4. The lowest BCUT2D eigenvalue weighted by atomic mass is 9.93. The first-order valence-electron chi connectivity index (χ1n) is 9.40. The van der Waals surface area contributed by atoms with Crippen molar-refractivity contribution in [1.29, 1.82) is 0 Å². The first-order valence-corrected chi connectivity index (χ1v) is 9.40. The predicted molar refractivity (Wildman–Crippen MR) is 114 cm³/mol. The van der Waals surface area contributed by atoms with Gasteiger partial charge in [-0.25, -0.2) is 4.39 Å². The number of pyridine rings is 1. The van der Waals surface area contributed by atoms with E-state index in [9.17, 15) is 9.18 Å². The summed E-state index contributed by atoms with van der Waals surface area (Å²) in [5.74, 6) is 0.385. The molecule has 1 amide bonds. The standard InChI is InChI=1S/C24H23FN2O3/c1-24(2,19-8-4-5-9-21(19)29-3)27-23(28)13-11-17-10-12-22(20(25)15-17)30-18-7-6-14-26-16-18/h4-16H,1-3H3,(H,27,28)/b13-11+. The maximum Gasteiger partial charge on any atom is 0.244 e. The van der Waals surface area contributed by atoms with Crippen molar-refractivity contribution in [1.82, 2.24) is 10.3 Å². The topological polar surface area (TPSA) is 60.5 Å². The number of para-hydroxylation sites is 1. The third kappa shape index (κ3) is 5.23. The van der Waals surface area contributed by atoms with E-state index in [0.717, 1.165) is 5.56 Å². The summed E-state index contributed by atoms with van der Waals surface area (Å²) >= 11 is 0. The molecule has 3 aromatic rings. The Labute approximate surface area is 175 Å². The first kappa shape index (κ1) is 21.0. The number of hydrogen-bond acceptors (Lipinski definition) is 4. The van der Waals surface area contributed by atoms with Crippen molar-refractivity contribution in [3.8, 4) is 17.2 Å². The van der Waals surface area contributed by atoms with Crippen molar-refractivity contribution in [3.63, 3.8) is 0 Å². The van der Waals surface area contributed by atoms with Gasteiger partial charge in [0.25, 0.3) is 0 Å². The molecule has 3 rings (SSSR count). The van der Waals surface area contributed by atoms with Gasteiger partial charge in [0.15, 0.2) is 11.6 Å². The second-order valence-corrected chi connectivity index (χ2v) is 7.13. The highest BCUT2D eigenvalue weighted by atomic mass is 19.1. The van der Waals surface area contributed by atoms with E-state index in [1.165, 1.54) is 24.4 Å². The number of ether oxygens (including phenoxy) is 2. The highest BCUT2D eigenvalue weighted by Crippen LogP contribution is 2.29. The molecule has 0 fully saturated rings. The Balaban J connectivity index is 1.68. The van der Waals surface area contributed by atoms with Crippen LogP contribution in [0.15, 0.2) is 73.1 Å².